The van der Waals surface area contributed by atoms with E-state index in [1.54, 1.807) is 19.1 Å². The van der Waals surface area contributed by atoms with Crippen LogP contribution in [0.25, 0.3) is 11.1 Å². The summed E-state index contributed by atoms with van der Waals surface area (Å²) < 4.78 is 7.09. The SMILES string of the molecule is CCOC(=O)c1ccccc1N1CCc2c(nc(C(=O)Nc3cccc(-c4cccc5c4CCC5O)c3Cl)n2C)C1. The van der Waals surface area contributed by atoms with Gasteiger partial charge in [-0.3, -0.25) is 4.79 Å². The minimum Gasteiger partial charge on any atom is -0.462 e. The van der Waals surface area contributed by atoms with E-state index in [0.717, 1.165) is 45.7 Å². The number of carbonyl (C=O) groups excluding carboxylic acids is 2. The van der Waals surface area contributed by atoms with Gasteiger partial charge in [-0.25, -0.2) is 9.78 Å². The summed E-state index contributed by atoms with van der Waals surface area (Å²) in [7, 11) is 1.85. The van der Waals surface area contributed by atoms with Gasteiger partial charge in [-0.2, -0.15) is 0 Å². The number of imidazole rings is 1. The van der Waals surface area contributed by atoms with Crippen LogP contribution in [0.5, 0.6) is 0 Å². The molecule has 1 amide bonds. The number of amides is 1. The van der Waals surface area contributed by atoms with Crippen LogP contribution in [0.1, 0.15) is 62.9 Å². The Morgan fingerprint density at radius 3 is 2.68 bits per heavy atom. The number of para-hydroxylation sites is 1. The first-order valence-corrected chi connectivity index (χ1v) is 14.2. The van der Waals surface area contributed by atoms with Crippen molar-refractivity contribution in [3.05, 3.63) is 99.6 Å². The number of aliphatic hydroxyl groups excluding tert-OH is 1. The fourth-order valence-corrected chi connectivity index (χ4v) is 6.24. The van der Waals surface area contributed by atoms with Crippen molar-refractivity contribution < 1.29 is 19.4 Å². The molecular weight excluding hydrogens is 540 g/mol. The van der Waals surface area contributed by atoms with Crippen LogP contribution in [0.3, 0.4) is 0 Å². The van der Waals surface area contributed by atoms with Crippen LogP contribution < -0.4 is 10.2 Å². The summed E-state index contributed by atoms with van der Waals surface area (Å²) in [6.45, 7) is 3.23. The van der Waals surface area contributed by atoms with E-state index >= 15 is 0 Å². The quantitative estimate of drug-likeness (QED) is 0.288. The summed E-state index contributed by atoms with van der Waals surface area (Å²) in [6.07, 6.45) is 1.68. The van der Waals surface area contributed by atoms with Gasteiger partial charge >= 0.3 is 5.97 Å². The molecule has 6 rings (SSSR count). The number of halogens is 1. The summed E-state index contributed by atoms with van der Waals surface area (Å²) in [5, 5.41) is 13.7. The summed E-state index contributed by atoms with van der Waals surface area (Å²) in [5.41, 5.74) is 7.38. The molecule has 0 radical (unpaired) electrons. The second-order valence-corrected chi connectivity index (χ2v) is 10.7. The number of nitrogens with zero attached hydrogens (tertiary/aromatic N) is 3. The van der Waals surface area contributed by atoms with Crippen molar-refractivity contribution in [3.8, 4) is 11.1 Å². The normalized spacial score (nSPS) is 15.8. The van der Waals surface area contributed by atoms with Gasteiger partial charge in [-0.05, 0) is 54.7 Å². The van der Waals surface area contributed by atoms with Gasteiger partial charge in [0, 0.05) is 31.3 Å². The van der Waals surface area contributed by atoms with Gasteiger partial charge in [0.1, 0.15) is 0 Å². The fourth-order valence-electron chi connectivity index (χ4n) is 5.97. The Bertz CT molecular complexity index is 1660. The van der Waals surface area contributed by atoms with Crippen LogP contribution in [-0.4, -0.2) is 39.7 Å². The van der Waals surface area contributed by atoms with E-state index in [4.69, 9.17) is 21.3 Å². The number of anilines is 2. The topological polar surface area (TPSA) is 96.7 Å². The lowest BCUT2D eigenvalue weighted by Gasteiger charge is -2.30. The number of fused-ring (bicyclic) bond motifs is 2. The van der Waals surface area contributed by atoms with Crippen LogP contribution in [0, 0.1) is 0 Å². The molecule has 41 heavy (non-hydrogen) atoms. The Morgan fingerprint density at radius 2 is 1.85 bits per heavy atom. The molecule has 2 N–H and O–H groups in total. The lowest BCUT2D eigenvalue weighted by atomic mass is 9.96. The third-order valence-corrected chi connectivity index (χ3v) is 8.38. The van der Waals surface area contributed by atoms with Crippen LogP contribution >= 0.6 is 11.6 Å². The number of hydrogen-bond acceptors (Lipinski definition) is 6. The smallest absolute Gasteiger partial charge is 0.340 e. The average Bonchev–Trinajstić information content (AvgIpc) is 3.53. The van der Waals surface area contributed by atoms with E-state index in [0.29, 0.717) is 54.6 Å². The number of aliphatic hydroxyl groups is 1. The van der Waals surface area contributed by atoms with Crippen LogP contribution in [0.4, 0.5) is 11.4 Å². The maximum Gasteiger partial charge on any atom is 0.340 e. The highest BCUT2D eigenvalue weighted by Crippen LogP contribution is 2.41. The molecule has 4 aromatic rings. The summed E-state index contributed by atoms with van der Waals surface area (Å²) in [6, 6.07) is 18.9. The molecule has 2 aliphatic rings. The lowest BCUT2D eigenvalue weighted by molar-refractivity contribution is 0.0527. The molecule has 1 aromatic heterocycles. The number of aromatic nitrogens is 2. The zero-order valence-corrected chi connectivity index (χ0v) is 23.7. The Kier molecular flexibility index (Phi) is 7.28. The number of benzene rings is 3. The highest BCUT2D eigenvalue weighted by molar-refractivity contribution is 6.36. The predicted molar refractivity (Wildman–Crippen MR) is 158 cm³/mol. The zero-order valence-electron chi connectivity index (χ0n) is 23.0. The standard InChI is InChI=1S/C32H31ClN4O4/c1-3-41-32(40)23-8-4-5-13-26(23)37-17-16-27-25(18-37)34-30(36(27)2)31(39)35-24-12-7-11-22(29(24)33)19-9-6-10-21-20(19)14-15-28(21)38/h4-13,28,38H,3,14-18H2,1-2H3,(H,35,39). The first-order chi connectivity index (χ1) is 19.9. The van der Waals surface area contributed by atoms with Crippen molar-refractivity contribution in [1.82, 2.24) is 9.55 Å². The molecule has 9 heteroatoms. The van der Waals surface area contributed by atoms with Gasteiger partial charge in [0.2, 0.25) is 0 Å². The third-order valence-electron chi connectivity index (χ3n) is 7.98. The Labute approximate surface area is 243 Å². The van der Waals surface area contributed by atoms with Crippen molar-refractivity contribution in [2.75, 3.05) is 23.4 Å². The van der Waals surface area contributed by atoms with Crippen LogP contribution in [-0.2, 0) is 31.2 Å². The second-order valence-electron chi connectivity index (χ2n) is 10.3. The minimum absolute atomic E-state index is 0.292. The van der Waals surface area contributed by atoms with E-state index < -0.39 is 6.10 Å². The van der Waals surface area contributed by atoms with Crippen LogP contribution in [0.2, 0.25) is 5.02 Å². The Morgan fingerprint density at radius 1 is 1.07 bits per heavy atom. The highest BCUT2D eigenvalue weighted by atomic mass is 35.5. The van der Waals surface area contributed by atoms with Gasteiger partial charge in [0.05, 0.1) is 46.9 Å². The molecule has 0 bridgehead atoms. The Balaban J connectivity index is 1.25. The molecule has 1 aliphatic carbocycles. The predicted octanol–water partition coefficient (Wildman–Crippen LogP) is 5.71. The number of nitrogens with one attached hydrogen (secondary N) is 1. The van der Waals surface area contributed by atoms with E-state index in [1.807, 2.05) is 60.1 Å². The maximum absolute atomic E-state index is 13.5. The van der Waals surface area contributed by atoms with Crippen molar-refractivity contribution in [1.29, 1.82) is 0 Å². The van der Waals surface area contributed by atoms with Gasteiger partial charge in [0.15, 0.2) is 5.82 Å². The Hall–Kier alpha value is -4.14. The minimum atomic E-state index is -0.462. The molecule has 0 spiro atoms. The monoisotopic (exact) mass is 570 g/mol. The van der Waals surface area contributed by atoms with Gasteiger partial charge in [0.25, 0.3) is 5.91 Å². The summed E-state index contributed by atoms with van der Waals surface area (Å²) in [4.78, 5) is 32.8. The van der Waals surface area contributed by atoms with Gasteiger partial charge in [-0.1, -0.05) is 54.1 Å². The molecule has 8 nitrogen and oxygen atoms in total. The van der Waals surface area contributed by atoms with E-state index in [-0.39, 0.29) is 11.9 Å². The van der Waals surface area contributed by atoms with E-state index in [1.165, 1.54) is 0 Å². The molecule has 1 unspecified atom stereocenters. The molecule has 2 heterocycles. The zero-order chi connectivity index (χ0) is 28.7. The largest absolute Gasteiger partial charge is 0.462 e. The molecule has 3 aromatic carbocycles. The highest BCUT2D eigenvalue weighted by Gasteiger charge is 2.28. The number of esters is 1. The number of hydrogen-bond donors (Lipinski definition) is 2. The summed E-state index contributed by atoms with van der Waals surface area (Å²) in [5.74, 6) is -0.417. The van der Waals surface area contributed by atoms with E-state index in [2.05, 4.69) is 10.2 Å². The first-order valence-electron chi connectivity index (χ1n) is 13.8. The molecular formula is C32H31ClN4O4. The molecule has 210 valence electrons. The summed E-state index contributed by atoms with van der Waals surface area (Å²) >= 11 is 6.85. The fraction of sp³-hybridized carbons (Fsp3) is 0.281. The van der Waals surface area contributed by atoms with Gasteiger partial charge in [-0.15, -0.1) is 0 Å². The molecule has 0 fully saturated rings. The number of rotatable bonds is 6. The van der Waals surface area contributed by atoms with Crippen LogP contribution in [0.15, 0.2) is 60.7 Å². The second kappa shape index (κ2) is 11.0. The average molecular weight is 571 g/mol. The number of ether oxygens (including phenoxy) is 1. The molecule has 0 saturated heterocycles. The van der Waals surface area contributed by atoms with Crippen molar-refractivity contribution in [2.45, 2.75) is 38.8 Å². The van der Waals surface area contributed by atoms with Crippen molar-refractivity contribution in [3.63, 3.8) is 0 Å². The van der Waals surface area contributed by atoms with Gasteiger partial charge < -0.3 is 24.6 Å². The van der Waals surface area contributed by atoms with Crippen molar-refractivity contribution >= 4 is 34.9 Å². The number of carbonyl (C=O) groups is 2. The van der Waals surface area contributed by atoms with Crippen molar-refractivity contribution in [2.24, 2.45) is 7.05 Å². The lowest BCUT2D eigenvalue weighted by Crippen LogP contribution is -2.32. The third kappa shape index (κ3) is 4.87. The molecule has 1 atom stereocenters. The maximum atomic E-state index is 13.5. The van der Waals surface area contributed by atoms with E-state index in [9.17, 15) is 14.7 Å². The first kappa shape index (κ1) is 27.1. The molecule has 0 saturated carbocycles. The molecule has 1 aliphatic heterocycles.